The van der Waals surface area contributed by atoms with Crippen LogP contribution in [-0.2, 0) is 12.2 Å². The summed E-state index contributed by atoms with van der Waals surface area (Å²) in [4.78, 5) is 0. The number of benzene rings is 2. The van der Waals surface area contributed by atoms with Crippen LogP contribution in [0.5, 0.6) is 5.75 Å². The van der Waals surface area contributed by atoms with Gasteiger partial charge >= 0.3 is 0 Å². The molecule has 0 atom stereocenters. The number of rotatable bonds is 4. The molecule has 0 fully saturated rings. The van der Waals surface area contributed by atoms with E-state index >= 15 is 0 Å². The summed E-state index contributed by atoms with van der Waals surface area (Å²) >= 11 is 1.56. The Morgan fingerprint density at radius 1 is 1.09 bits per heavy atom. The second-order valence-corrected chi connectivity index (χ2v) is 6.49. The van der Waals surface area contributed by atoms with Gasteiger partial charge in [0.2, 0.25) is 5.89 Å². The average molecular weight is 324 g/mol. The van der Waals surface area contributed by atoms with Crippen molar-refractivity contribution in [1.29, 1.82) is 0 Å². The molecule has 3 aromatic rings. The highest BCUT2D eigenvalue weighted by Crippen LogP contribution is 2.31. The third-order valence-electron chi connectivity index (χ3n) is 3.83. The van der Waals surface area contributed by atoms with Gasteiger partial charge in [0.05, 0.1) is 6.61 Å². The zero-order valence-electron chi connectivity index (χ0n) is 12.8. The molecule has 0 radical (unpaired) electrons. The molecule has 0 saturated heterocycles. The van der Waals surface area contributed by atoms with E-state index in [9.17, 15) is 0 Å². The molecule has 0 bridgehead atoms. The number of fused-ring (bicyclic) bond motifs is 1. The lowest BCUT2D eigenvalue weighted by Crippen LogP contribution is -1.85. The lowest BCUT2D eigenvalue weighted by molar-refractivity contribution is 0.357. The topological polar surface area (TPSA) is 48.2 Å². The molecule has 1 aromatic heterocycles. The Morgan fingerprint density at radius 3 is 2.83 bits per heavy atom. The molecule has 4 nitrogen and oxygen atoms in total. The van der Waals surface area contributed by atoms with E-state index in [1.54, 1.807) is 11.8 Å². The molecule has 0 aliphatic carbocycles. The van der Waals surface area contributed by atoms with Gasteiger partial charge in [0, 0.05) is 17.7 Å². The van der Waals surface area contributed by atoms with Crippen LogP contribution in [0.3, 0.4) is 0 Å². The van der Waals surface area contributed by atoms with Crippen LogP contribution in [0.4, 0.5) is 0 Å². The highest BCUT2D eigenvalue weighted by Gasteiger charge is 2.15. The molecule has 5 heteroatoms. The standard InChI is InChI=1S/C18H16N2O2S/c1-12-2-4-13(5-3-12)11-23-18-20-19-17(22-18)15-6-7-16-14(10-15)8-9-21-16/h2-7,10H,8-9,11H2,1H3. The summed E-state index contributed by atoms with van der Waals surface area (Å²) in [6.07, 6.45) is 0.937. The van der Waals surface area contributed by atoms with Gasteiger partial charge in [0.25, 0.3) is 5.22 Å². The van der Waals surface area contributed by atoms with Crippen LogP contribution in [0.2, 0.25) is 0 Å². The summed E-state index contributed by atoms with van der Waals surface area (Å²) in [7, 11) is 0. The number of hydrogen-bond donors (Lipinski definition) is 0. The molecule has 23 heavy (non-hydrogen) atoms. The van der Waals surface area contributed by atoms with Crippen molar-refractivity contribution in [3.8, 4) is 17.2 Å². The maximum absolute atomic E-state index is 5.77. The largest absolute Gasteiger partial charge is 0.493 e. The van der Waals surface area contributed by atoms with Crippen LogP contribution < -0.4 is 4.74 Å². The van der Waals surface area contributed by atoms with Gasteiger partial charge in [-0.3, -0.25) is 0 Å². The van der Waals surface area contributed by atoms with E-state index in [-0.39, 0.29) is 0 Å². The minimum atomic E-state index is 0.561. The van der Waals surface area contributed by atoms with Crippen molar-refractivity contribution in [2.75, 3.05) is 6.61 Å². The molecule has 2 heterocycles. The minimum Gasteiger partial charge on any atom is -0.493 e. The fourth-order valence-corrected chi connectivity index (χ4v) is 3.25. The molecule has 0 unspecified atom stereocenters. The van der Waals surface area contributed by atoms with E-state index < -0.39 is 0 Å². The fraction of sp³-hybridized carbons (Fsp3) is 0.222. The summed E-state index contributed by atoms with van der Waals surface area (Å²) < 4.78 is 11.3. The Balaban J connectivity index is 1.47. The summed E-state index contributed by atoms with van der Waals surface area (Å²) in [6.45, 7) is 2.84. The number of aryl methyl sites for hydroxylation is 1. The summed E-state index contributed by atoms with van der Waals surface area (Å²) in [5, 5.41) is 8.89. The maximum Gasteiger partial charge on any atom is 0.277 e. The van der Waals surface area contributed by atoms with E-state index in [1.807, 2.05) is 12.1 Å². The second-order valence-electron chi connectivity index (χ2n) is 5.57. The van der Waals surface area contributed by atoms with Gasteiger partial charge in [-0.25, -0.2) is 0 Å². The smallest absolute Gasteiger partial charge is 0.277 e. The summed E-state index contributed by atoms with van der Waals surface area (Å²) in [5.74, 6) is 2.34. The molecular formula is C18H16N2O2S. The van der Waals surface area contributed by atoms with E-state index in [0.717, 1.165) is 30.1 Å². The highest BCUT2D eigenvalue weighted by atomic mass is 32.2. The fourth-order valence-electron chi connectivity index (χ4n) is 2.53. The molecule has 0 N–H and O–H groups in total. The van der Waals surface area contributed by atoms with E-state index in [2.05, 4.69) is 47.5 Å². The van der Waals surface area contributed by atoms with Gasteiger partial charge in [-0.15, -0.1) is 10.2 Å². The van der Waals surface area contributed by atoms with Crippen LogP contribution in [0.25, 0.3) is 11.5 Å². The van der Waals surface area contributed by atoms with E-state index in [0.29, 0.717) is 11.1 Å². The van der Waals surface area contributed by atoms with Crippen molar-refractivity contribution >= 4 is 11.8 Å². The van der Waals surface area contributed by atoms with Gasteiger partial charge in [0.15, 0.2) is 0 Å². The Morgan fingerprint density at radius 2 is 1.96 bits per heavy atom. The Kier molecular flexibility index (Phi) is 3.79. The Hall–Kier alpha value is -2.27. The van der Waals surface area contributed by atoms with Crippen molar-refractivity contribution in [3.05, 3.63) is 59.2 Å². The van der Waals surface area contributed by atoms with Gasteiger partial charge in [-0.1, -0.05) is 41.6 Å². The SMILES string of the molecule is Cc1ccc(CSc2nnc(-c3ccc4c(c3)CCO4)o2)cc1. The summed E-state index contributed by atoms with van der Waals surface area (Å²) in [5.41, 5.74) is 4.66. The first-order valence-electron chi connectivity index (χ1n) is 7.56. The lowest BCUT2D eigenvalue weighted by atomic mass is 10.1. The molecule has 4 rings (SSSR count). The van der Waals surface area contributed by atoms with E-state index in [4.69, 9.17) is 9.15 Å². The zero-order valence-corrected chi connectivity index (χ0v) is 13.6. The van der Waals surface area contributed by atoms with Crippen LogP contribution in [0, 0.1) is 6.92 Å². The number of aromatic nitrogens is 2. The van der Waals surface area contributed by atoms with Crippen LogP contribution >= 0.6 is 11.8 Å². The Labute approximate surface area is 138 Å². The molecule has 0 spiro atoms. The second kappa shape index (κ2) is 6.08. The quantitative estimate of drug-likeness (QED) is 0.671. The maximum atomic E-state index is 5.77. The molecule has 1 aliphatic rings. The van der Waals surface area contributed by atoms with Crippen molar-refractivity contribution in [3.63, 3.8) is 0 Å². The third-order valence-corrected chi connectivity index (χ3v) is 4.72. The van der Waals surface area contributed by atoms with Crippen molar-refractivity contribution in [2.45, 2.75) is 24.3 Å². The van der Waals surface area contributed by atoms with E-state index in [1.165, 1.54) is 16.7 Å². The Bertz CT molecular complexity index is 827. The highest BCUT2D eigenvalue weighted by molar-refractivity contribution is 7.98. The number of hydrogen-bond acceptors (Lipinski definition) is 5. The van der Waals surface area contributed by atoms with Gasteiger partial charge in [-0.05, 0) is 36.2 Å². The van der Waals surface area contributed by atoms with Gasteiger partial charge in [0.1, 0.15) is 5.75 Å². The van der Waals surface area contributed by atoms with Gasteiger partial charge < -0.3 is 9.15 Å². The van der Waals surface area contributed by atoms with Gasteiger partial charge in [-0.2, -0.15) is 0 Å². The first-order valence-corrected chi connectivity index (χ1v) is 8.54. The molecule has 116 valence electrons. The normalized spacial score (nSPS) is 12.9. The number of thioether (sulfide) groups is 1. The van der Waals surface area contributed by atoms with Crippen molar-refractivity contribution in [2.24, 2.45) is 0 Å². The zero-order chi connectivity index (χ0) is 15.6. The number of ether oxygens (including phenoxy) is 1. The molecular weight excluding hydrogens is 308 g/mol. The van der Waals surface area contributed by atoms with Crippen molar-refractivity contribution < 1.29 is 9.15 Å². The third kappa shape index (κ3) is 3.10. The lowest BCUT2D eigenvalue weighted by Gasteiger charge is -2.00. The first kappa shape index (κ1) is 14.3. The number of nitrogens with zero attached hydrogens (tertiary/aromatic N) is 2. The molecule has 1 aliphatic heterocycles. The molecule has 0 saturated carbocycles. The molecule has 0 amide bonds. The van der Waals surface area contributed by atoms with Crippen LogP contribution in [0.1, 0.15) is 16.7 Å². The summed E-state index contributed by atoms with van der Waals surface area (Å²) in [6, 6.07) is 14.5. The minimum absolute atomic E-state index is 0.561. The van der Waals surface area contributed by atoms with Crippen LogP contribution in [-0.4, -0.2) is 16.8 Å². The predicted molar refractivity (Wildman–Crippen MR) is 89.7 cm³/mol. The first-order chi connectivity index (χ1) is 11.3. The van der Waals surface area contributed by atoms with Crippen LogP contribution in [0.15, 0.2) is 52.1 Å². The predicted octanol–water partition coefficient (Wildman–Crippen LogP) is 4.27. The average Bonchev–Trinajstić information content (AvgIpc) is 3.22. The molecule has 2 aromatic carbocycles. The monoisotopic (exact) mass is 324 g/mol. The van der Waals surface area contributed by atoms with Crippen molar-refractivity contribution in [1.82, 2.24) is 10.2 Å².